The fourth-order valence-corrected chi connectivity index (χ4v) is 3.55. The van der Waals surface area contributed by atoms with Gasteiger partial charge in [-0.1, -0.05) is 19.1 Å². The van der Waals surface area contributed by atoms with Crippen LogP contribution in [0.2, 0.25) is 0 Å². The van der Waals surface area contributed by atoms with Gasteiger partial charge in [-0.05, 0) is 18.1 Å². The molecule has 0 radical (unpaired) electrons. The van der Waals surface area contributed by atoms with Gasteiger partial charge < -0.3 is 10.1 Å². The zero-order valence-corrected chi connectivity index (χ0v) is 11.2. The lowest BCUT2D eigenvalue weighted by molar-refractivity contribution is 0.408. The molecule has 1 fully saturated rings. The maximum Gasteiger partial charge on any atom is 0.123 e. The molecule has 4 heteroatoms. The Morgan fingerprint density at radius 3 is 3.00 bits per heavy atom. The SMILES string of the molecule is CCc1ccc(OC)c(C2CNCCS2=O)c1. The highest BCUT2D eigenvalue weighted by Crippen LogP contribution is 2.31. The van der Waals surface area contributed by atoms with E-state index in [1.807, 2.05) is 6.07 Å². The van der Waals surface area contributed by atoms with Crippen LogP contribution < -0.4 is 10.1 Å². The van der Waals surface area contributed by atoms with E-state index in [0.717, 1.165) is 36.6 Å². The van der Waals surface area contributed by atoms with Gasteiger partial charge in [-0.2, -0.15) is 0 Å². The predicted octanol–water partition coefficient (Wildman–Crippen LogP) is 1.65. The van der Waals surface area contributed by atoms with Gasteiger partial charge in [-0.3, -0.25) is 4.21 Å². The van der Waals surface area contributed by atoms with Crippen molar-refractivity contribution in [2.45, 2.75) is 18.6 Å². The molecule has 0 aromatic heterocycles. The molecule has 1 N–H and O–H groups in total. The Morgan fingerprint density at radius 2 is 2.35 bits per heavy atom. The van der Waals surface area contributed by atoms with Crippen LogP contribution in [0, 0.1) is 0 Å². The Bertz CT molecular complexity index is 420. The molecule has 0 aliphatic carbocycles. The van der Waals surface area contributed by atoms with E-state index in [1.165, 1.54) is 5.56 Å². The smallest absolute Gasteiger partial charge is 0.123 e. The summed E-state index contributed by atoms with van der Waals surface area (Å²) in [4.78, 5) is 0. The van der Waals surface area contributed by atoms with Gasteiger partial charge in [0.15, 0.2) is 0 Å². The van der Waals surface area contributed by atoms with Crippen molar-refractivity contribution in [1.82, 2.24) is 5.32 Å². The number of methoxy groups -OCH3 is 1. The molecule has 1 aliphatic rings. The van der Waals surface area contributed by atoms with Crippen LogP contribution in [0.4, 0.5) is 0 Å². The second-order valence-corrected chi connectivity index (χ2v) is 5.95. The number of hydrogen-bond acceptors (Lipinski definition) is 3. The maximum absolute atomic E-state index is 12.1. The van der Waals surface area contributed by atoms with Crippen molar-refractivity contribution in [3.05, 3.63) is 29.3 Å². The summed E-state index contributed by atoms with van der Waals surface area (Å²) in [5.74, 6) is 1.58. The lowest BCUT2D eigenvalue weighted by Gasteiger charge is -2.24. The number of rotatable bonds is 3. The van der Waals surface area contributed by atoms with Crippen LogP contribution in [0.15, 0.2) is 18.2 Å². The monoisotopic (exact) mass is 253 g/mol. The number of hydrogen-bond donors (Lipinski definition) is 1. The fraction of sp³-hybridized carbons (Fsp3) is 0.538. The second kappa shape index (κ2) is 5.65. The average molecular weight is 253 g/mol. The maximum atomic E-state index is 12.1. The Hall–Kier alpha value is -0.870. The molecule has 94 valence electrons. The van der Waals surface area contributed by atoms with E-state index in [4.69, 9.17) is 4.74 Å². The van der Waals surface area contributed by atoms with Crippen LogP contribution in [0.1, 0.15) is 23.3 Å². The van der Waals surface area contributed by atoms with Crippen LogP contribution >= 0.6 is 0 Å². The van der Waals surface area contributed by atoms with Crippen LogP contribution in [0.5, 0.6) is 5.75 Å². The normalized spacial score (nSPS) is 24.6. The Morgan fingerprint density at radius 1 is 1.53 bits per heavy atom. The number of benzene rings is 1. The molecule has 1 heterocycles. The standard InChI is InChI=1S/C13H19NO2S/c1-3-10-4-5-12(16-2)11(8-10)13-9-14-6-7-17(13)15/h4-5,8,13-14H,3,6-7,9H2,1-2H3. The molecule has 2 unspecified atom stereocenters. The molecule has 0 amide bonds. The molecule has 1 aliphatic heterocycles. The molecule has 1 aromatic rings. The third-order valence-electron chi connectivity index (χ3n) is 3.18. The van der Waals surface area contributed by atoms with Gasteiger partial charge in [-0.15, -0.1) is 0 Å². The van der Waals surface area contributed by atoms with Crippen molar-refractivity contribution in [3.63, 3.8) is 0 Å². The first-order valence-electron chi connectivity index (χ1n) is 6.01. The van der Waals surface area contributed by atoms with Gasteiger partial charge >= 0.3 is 0 Å². The van der Waals surface area contributed by atoms with Gasteiger partial charge in [0.05, 0.1) is 12.4 Å². The van der Waals surface area contributed by atoms with E-state index in [0.29, 0.717) is 0 Å². The van der Waals surface area contributed by atoms with E-state index in [2.05, 4.69) is 24.4 Å². The fourth-order valence-electron chi connectivity index (χ4n) is 2.15. The van der Waals surface area contributed by atoms with Crippen molar-refractivity contribution in [3.8, 4) is 5.75 Å². The topological polar surface area (TPSA) is 38.3 Å². The van der Waals surface area contributed by atoms with Gasteiger partial charge in [0.25, 0.3) is 0 Å². The largest absolute Gasteiger partial charge is 0.496 e. The molecule has 2 atom stereocenters. The summed E-state index contributed by atoms with van der Waals surface area (Å²) >= 11 is 0. The minimum Gasteiger partial charge on any atom is -0.496 e. The van der Waals surface area contributed by atoms with E-state index >= 15 is 0 Å². The predicted molar refractivity (Wildman–Crippen MR) is 71.0 cm³/mol. The molecule has 0 saturated carbocycles. The zero-order chi connectivity index (χ0) is 12.3. The Kier molecular flexibility index (Phi) is 4.18. The summed E-state index contributed by atoms with van der Waals surface area (Å²) in [6.45, 7) is 3.75. The summed E-state index contributed by atoms with van der Waals surface area (Å²) in [7, 11) is 0.877. The van der Waals surface area contributed by atoms with E-state index in [-0.39, 0.29) is 5.25 Å². The number of ether oxygens (including phenoxy) is 1. The molecule has 1 saturated heterocycles. The highest BCUT2D eigenvalue weighted by Gasteiger charge is 2.25. The van der Waals surface area contributed by atoms with Crippen molar-refractivity contribution < 1.29 is 8.95 Å². The van der Waals surface area contributed by atoms with Crippen molar-refractivity contribution in [1.29, 1.82) is 0 Å². The Labute approximate surface area is 105 Å². The van der Waals surface area contributed by atoms with Gasteiger partial charge in [0, 0.05) is 35.2 Å². The summed E-state index contributed by atoms with van der Waals surface area (Å²) < 4.78 is 17.5. The first-order valence-corrected chi connectivity index (χ1v) is 7.39. The minimum atomic E-state index is -0.794. The van der Waals surface area contributed by atoms with Crippen molar-refractivity contribution in [2.24, 2.45) is 0 Å². The molecule has 0 spiro atoms. The second-order valence-electron chi connectivity index (χ2n) is 4.21. The highest BCUT2D eigenvalue weighted by molar-refractivity contribution is 7.85. The molecule has 0 bridgehead atoms. The van der Waals surface area contributed by atoms with Crippen molar-refractivity contribution >= 4 is 10.8 Å². The average Bonchev–Trinajstić information content (AvgIpc) is 2.38. The molecule has 1 aromatic carbocycles. The summed E-state index contributed by atoms with van der Waals surface area (Å²) in [6, 6.07) is 6.19. The third kappa shape index (κ3) is 2.69. The summed E-state index contributed by atoms with van der Waals surface area (Å²) in [5, 5.41) is 3.36. The molecule has 2 rings (SSSR count). The number of aryl methyl sites for hydroxylation is 1. The first-order chi connectivity index (χ1) is 8.26. The van der Waals surface area contributed by atoms with Crippen LogP contribution in [0.25, 0.3) is 0 Å². The van der Waals surface area contributed by atoms with Crippen LogP contribution in [0.3, 0.4) is 0 Å². The lowest BCUT2D eigenvalue weighted by atomic mass is 10.0. The highest BCUT2D eigenvalue weighted by atomic mass is 32.2. The molecule has 3 nitrogen and oxygen atoms in total. The first kappa shape index (κ1) is 12.6. The Balaban J connectivity index is 2.37. The molecular weight excluding hydrogens is 234 g/mol. The molecular formula is C13H19NO2S. The van der Waals surface area contributed by atoms with Crippen LogP contribution in [-0.4, -0.2) is 30.2 Å². The number of nitrogens with one attached hydrogen (secondary N) is 1. The quantitative estimate of drug-likeness (QED) is 0.890. The van der Waals surface area contributed by atoms with Crippen LogP contribution in [-0.2, 0) is 17.2 Å². The molecule has 17 heavy (non-hydrogen) atoms. The van der Waals surface area contributed by atoms with E-state index in [1.54, 1.807) is 7.11 Å². The summed E-state index contributed by atoms with van der Waals surface area (Å²) in [5.41, 5.74) is 2.35. The third-order valence-corrected chi connectivity index (χ3v) is 4.84. The zero-order valence-electron chi connectivity index (χ0n) is 10.4. The van der Waals surface area contributed by atoms with Gasteiger partial charge in [-0.25, -0.2) is 0 Å². The van der Waals surface area contributed by atoms with Gasteiger partial charge in [0.2, 0.25) is 0 Å². The van der Waals surface area contributed by atoms with E-state index < -0.39 is 10.8 Å². The van der Waals surface area contributed by atoms with Gasteiger partial charge in [0.1, 0.15) is 5.75 Å². The van der Waals surface area contributed by atoms with E-state index in [9.17, 15) is 4.21 Å². The summed E-state index contributed by atoms with van der Waals surface area (Å²) in [6.07, 6.45) is 0.990. The minimum absolute atomic E-state index is 0.0604. The lowest BCUT2D eigenvalue weighted by Crippen LogP contribution is -2.35. The van der Waals surface area contributed by atoms with Crippen molar-refractivity contribution in [2.75, 3.05) is 26.0 Å².